The van der Waals surface area contributed by atoms with Crippen molar-refractivity contribution in [1.29, 1.82) is 0 Å². The molecule has 2 heterocycles. The van der Waals surface area contributed by atoms with Crippen LogP contribution in [-0.2, 0) is 4.79 Å². The number of anilines is 3. The molecule has 0 spiro atoms. The highest BCUT2D eigenvalue weighted by Gasteiger charge is 2.32. The number of hydrogen-bond donors (Lipinski definition) is 4. The normalized spacial score (nSPS) is 15.4. The van der Waals surface area contributed by atoms with Crippen molar-refractivity contribution in [3.8, 4) is 0 Å². The number of amidine groups is 1. The van der Waals surface area contributed by atoms with Crippen molar-refractivity contribution in [3.05, 3.63) is 66.8 Å². The molecule has 2 aromatic rings. The zero-order chi connectivity index (χ0) is 22.4. The number of amides is 1. The van der Waals surface area contributed by atoms with Gasteiger partial charge in [-0.3, -0.25) is 4.79 Å². The van der Waals surface area contributed by atoms with E-state index in [0.717, 1.165) is 5.56 Å². The van der Waals surface area contributed by atoms with E-state index >= 15 is 0 Å². The van der Waals surface area contributed by atoms with Crippen LogP contribution in [-0.4, -0.2) is 34.8 Å². The number of nitrogens with two attached hydrogens (primary N) is 2. The van der Waals surface area contributed by atoms with E-state index in [1.165, 1.54) is 30.6 Å². The number of aromatic nitrogens is 2. The van der Waals surface area contributed by atoms with E-state index in [9.17, 15) is 9.18 Å². The maximum Gasteiger partial charge on any atom is 0.227 e. The van der Waals surface area contributed by atoms with Gasteiger partial charge in [-0.1, -0.05) is 18.7 Å². The summed E-state index contributed by atoms with van der Waals surface area (Å²) in [6, 6.07) is 7.77. The molecule has 0 unspecified atom stereocenters. The number of benzene rings is 1. The van der Waals surface area contributed by atoms with Gasteiger partial charge in [0.1, 0.15) is 23.3 Å². The third-order valence-electron chi connectivity index (χ3n) is 4.79. The van der Waals surface area contributed by atoms with E-state index in [1.54, 1.807) is 18.2 Å². The van der Waals surface area contributed by atoms with Crippen LogP contribution in [0.15, 0.2) is 60.4 Å². The standard InChI is InChI=1S/C21H25FN8O/c1-3-17(25-9-8-23)27-18-10-19(30-11-15(12-30)20(24)31)29-21(28-18)26-13(2)14-4-6-16(22)7-5-14/h3-10,13,15H,1,11-12,23H2,2H3,(H2,24,31)(H2,25,26,27,28,29)/b9-8-/t13-/m0/s1. The molecule has 1 aromatic heterocycles. The van der Waals surface area contributed by atoms with E-state index in [2.05, 4.69) is 32.2 Å². The number of nitrogens with one attached hydrogen (secondary N) is 2. The highest BCUT2D eigenvalue weighted by atomic mass is 19.1. The van der Waals surface area contributed by atoms with Crippen LogP contribution in [0.25, 0.3) is 0 Å². The fraction of sp³-hybridized carbons (Fsp3) is 0.238. The average molecular weight is 424 g/mol. The molecule has 6 N–H and O–H groups in total. The minimum absolute atomic E-state index is 0.175. The Labute approximate surface area is 179 Å². The number of halogens is 1. The Kier molecular flexibility index (Phi) is 6.81. The summed E-state index contributed by atoms with van der Waals surface area (Å²) in [7, 11) is 0. The molecule has 1 aliphatic rings. The van der Waals surface area contributed by atoms with Crippen LogP contribution in [0.5, 0.6) is 0 Å². The molecule has 0 aliphatic carbocycles. The average Bonchev–Trinajstić information content (AvgIpc) is 2.70. The van der Waals surface area contributed by atoms with Gasteiger partial charge in [0, 0.05) is 31.6 Å². The maximum atomic E-state index is 13.2. The summed E-state index contributed by atoms with van der Waals surface area (Å²) in [6.45, 7) is 6.61. The van der Waals surface area contributed by atoms with Crippen LogP contribution < -0.4 is 27.0 Å². The topological polar surface area (TPSA) is 135 Å². The van der Waals surface area contributed by atoms with Gasteiger partial charge in [0.15, 0.2) is 0 Å². The fourth-order valence-corrected chi connectivity index (χ4v) is 2.99. The molecule has 9 nitrogen and oxygen atoms in total. The number of carbonyl (C=O) groups excluding carboxylic acids is 1. The van der Waals surface area contributed by atoms with Crippen molar-refractivity contribution in [1.82, 2.24) is 9.97 Å². The fourth-order valence-electron chi connectivity index (χ4n) is 2.99. The summed E-state index contributed by atoms with van der Waals surface area (Å²) < 4.78 is 13.2. The van der Waals surface area contributed by atoms with Gasteiger partial charge in [-0.15, -0.1) is 0 Å². The zero-order valence-corrected chi connectivity index (χ0v) is 17.1. The molecule has 0 bridgehead atoms. The van der Waals surface area contributed by atoms with Crippen LogP contribution in [0.2, 0.25) is 0 Å². The lowest BCUT2D eigenvalue weighted by molar-refractivity contribution is -0.122. The van der Waals surface area contributed by atoms with Crippen molar-refractivity contribution in [3.63, 3.8) is 0 Å². The molecule has 0 radical (unpaired) electrons. The van der Waals surface area contributed by atoms with Crippen LogP contribution >= 0.6 is 0 Å². The molecular weight excluding hydrogens is 399 g/mol. The van der Waals surface area contributed by atoms with Crippen LogP contribution in [0.1, 0.15) is 18.5 Å². The van der Waals surface area contributed by atoms with Gasteiger partial charge in [-0.05, 0) is 30.7 Å². The SMILES string of the molecule is C=C/C(=N\C=C/N)Nc1cc(N2CC(C(N)=O)C2)nc(N[C@@H](C)c2ccc(F)cc2)n1. The molecule has 10 heteroatoms. The van der Waals surface area contributed by atoms with E-state index in [1.807, 2.05) is 11.8 Å². The van der Waals surface area contributed by atoms with Crippen molar-refractivity contribution in [2.75, 3.05) is 28.6 Å². The molecule has 1 saturated heterocycles. The minimum atomic E-state index is -0.332. The van der Waals surface area contributed by atoms with Crippen LogP contribution in [0.3, 0.4) is 0 Å². The summed E-state index contributed by atoms with van der Waals surface area (Å²) in [5.74, 6) is 1.07. The predicted molar refractivity (Wildman–Crippen MR) is 120 cm³/mol. The molecule has 1 atom stereocenters. The quantitative estimate of drug-likeness (QED) is 0.377. The van der Waals surface area contributed by atoms with Gasteiger partial charge in [0.2, 0.25) is 11.9 Å². The molecule has 1 fully saturated rings. The summed E-state index contributed by atoms with van der Waals surface area (Å²) in [5.41, 5.74) is 11.6. The smallest absolute Gasteiger partial charge is 0.227 e. The number of aliphatic imine (C=N–C) groups is 1. The summed E-state index contributed by atoms with van der Waals surface area (Å²) in [5, 5.41) is 6.30. The lowest BCUT2D eigenvalue weighted by atomic mass is 10.00. The highest BCUT2D eigenvalue weighted by molar-refractivity contribution is 6.03. The second-order valence-corrected chi connectivity index (χ2v) is 7.04. The monoisotopic (exact) mass is 424 g/mol. The van der Waals surface area contributed by atoms with Crippen LogP contribution in [0.4, 0.5) is 22.0 Å². The molecular formula is C21H25FN8O. The van der Waals surface area contributed by atoms with Gasteiger partial charge < -0.3 is 27.0 Å². The molecule has 1 aliphatic heterocycles. The number of hydrogen-bond acceptors (Lipinski definition) is 7. The van der Waals surface area contributed by atoms with Crippen molar-refractivity contribution in [2.24, 2.45) is 22.4 Å². The van der Waals surface area contributed by atoms with Crippen LogP contribution in [0, 0.1) is 11.7 Å². The summed E-state index contributed by atoms with van der Waals surface area (Å²) in [6.07, 6.45) is 4.26. The lowest BCUT2D eigenvalue weighted by Gasteiger charge is -2.38. The Morgan fingerprint density at radius 1 is 1.35 bits per heavy atom. The van der Waals surface area contributed by atoms with Gasteiger partial charge >= 0.3 is 0 Å². The minimum Gasteiger partial charge on any atom is -0.403 e. The molecule has 1 amide bonds. The van der Waals surface area contributed by atoms with E-state index in [0.29, 0.717) is 36.5 Å². The Balaban J connectivity index is 1.86. The number of primary amides is 1. The van der Waals surface area contributed by atoms with Gasteiger partial charge in [-0.25, -0.2) is 9.38 Å². The van der Waals surface area contributed by atoms with Gasteiger partial charge in [0.05, 0.1) is 12.0 Å². The Bertz CT molecular complexity index is 999. The Morgan fingerprint density at radius 3 is 2.68 bits per heavy atom. The lowest BCUT2D eigenvalue weighted by Crippen LogP contribution is -2.53. The second-order valence-electron chi connectivity index (χ2n) is 7.04. The summed E-state index contributed by atoms with van der Waals surface area (Å²) >= 11 is 0. The molecule has 162 valence electrons. The first kappa shape index (κ1) is 21.8. The van der Waals surface area contributed by atoms with E-state index < -0.39 is 0 Å². The van der Waals surface area contributed by atoms with E-state index in [-0.39, 0.29) is 23.7 Å². The second kappa shape index (κ2) is 9.70. The zero-order valence-electron chi connectivity index (χ0n) is 17.1. The third kappa shape index (κ3) is 5.56. The van der Waals surface area contributed by atoms with Gasteiger partial charge in [-0.2, -0.15) is 9.97 Å². The van der Waals surface area contributed by atoms with Crippen molar-refractivity contribution >= 4 is 29.3 Å². The number of carbonyl (C=O) groups is 1. The number of nitrogens with zero attached hydrogens (tertiary/aromatic N) is 4. The number of rotatable bonds is 8. The Hall–Kier alpha value is -3.95. The predicted octanol–water partition coefficient (Wildman–Crippen LogP) is 2.14. The van der Waals surface area contributed by atoms with Crippen molar-refractivity contribution < 1.29 is 9.18 Å². The molecule has 3 rings (SSSR count). The third-order valence-corrected chi connectivity index (χ3v) is 4.79. The molecule has 31 heavy (non-hydrogen) atoms. The highest BCUT2D eigenvalue weighted by Crippen LogP contribution is 2.27. The van der Waals surface area contributed by atoms with Crippen molar-refractivity contribution in [2.45, 2.75) is 13.0 Å². The first-order valence-corrected chi connectivity index (χ1v) is 9.69. The van der Waals surface area contributed by atoms with E-state index in [4.69, 9.17) is 11.5 Å². The molecule has 0 saturated carbocycles. The molecule has 1 aromatic carbocycles. The first-order valence-electron chi connectivity index (χ1n) is 9.69. The largest absolute Gasteiger partial charge is 0.403 e. The maximum absolute atomic E-state index is 13.2. The summed E-state index contributed by atoms with van der Waals surface area (Å²) in [4.78, 5) is 26.5. The first-order chi connectivity index (χ1) is 14.9. The Morgan fingerprint density at radius 2 is 2.06 bits per heavy atom. The van der Waals surface area contributed by atoms with Gasteiger partial charge in [0.25, 0.3) is 0 Å².